The Hall–Kier alpha value is -3.39. The van der Waals surface area contributed by atoms with E-state index in [1.807, 2.05) is 36.4 Å². The lowest BCUT2D eigenvalue weighted by Crippen LogP contribution is -2.23. The van der Waals surface area contributed by atoms with Crippen LogP contribution in [-0.4, -0.2) is 35.4 Å². The second kappa shape index (κ2) is 8.77. The highest BCUT2D eigenvalue weighted by Crippen LogP contribution is 2.25. The third-order valence-electron chi connectivity index (χ3n) is 4.60. The molecular weight excluding hydrogens is 414 g/mol. The van der Waals surface area contributed by atoms with Crippen molar-refractivity contribution in [1.82, 2.24) is 14.6 Å². The van der Waals surface area contributed by atoms with E-state index in [1.54, 1.807) is 26.4 Å². The van der Waals surface area contributed by atoms with Gasteiger partial charge in [0.1, 0.15) is 17.2 Å². The third-order valence-corrected chi connectivity index (χ3v) is 5.56. The summed E-state index contributed by atoms with van der Waals surface area (Å²) in [4.78, 5) is 18.0. The maximum atomic E-state index is 12.9. The van der Waals surface area contributed by atoms with E-state index >= 15 is 0 Å². The zero-order chi connectivity index (χ0) is 22.0. The van der Waals surface area contributed by atoms with E-state index in [0.29, 0.717) is 39.3 Å². The summed E-state index contributed by atoms with van der Waals surface area (Å²) >= 11 is 1.28. The van der Waals surface area contributed by atoms with Crippen LogP contribution in [0.25, 0.3) is 22.4 Å². The van der Waals surface area contributed by atoms with Gasteiger partial charge in [0.25, 0.3) is 5.56 Å². The van der Waals surface area contributed by atoms with Gasteiger partial charge in [-0.05, 0) is 54.5 Å². The molecule has 0 spiro atoms. The van der Waals surface area contributed by atoms with Gasteiger partial charge in [-0.3, -0.25) is 4.79 Å². The topological polar surface area (TPSA) is 74.9 Å². The van der Waals surface area contributed by atoms with Gasteiger partial charge in [0.05, 0.1) is 25.4 Å². The molecule has 2 aromatic heterocycles. The molecule has 0 aliphatic heterocycles. The van der Waals surface area contributed by atoms with E-state index in [2.05, 4.69) is 23.9 Å². The van der Waals surface area contributed by atoms with Gasteiger partial charge in [0.15, 0.2) is 5.82 Å². The molecule has 160 valence electrons. The minimum atomic E-state index is -0.222. The van der Waals surface area contributed by atoms with Crippen LogP contribution >= 0.6 is 11.3 Å². The highest BCUT2D eigenvalue weighted by molar-refractivity contribution is 7.15. The first-order valence-corrected chi connectivity index (χ1v) is 10.7. The normalized spacial score (nSPS) is 12.0. The van der Waals surface area contributed by atoms with Crippen molar-refractivity contribution in [1.29, 1.82) is 0 Å². The Morgan fingerprint density at radius 2 is 1.81 bits per heavy atom. The molecular formula is C23H23N3O4S. The average Bonchev–Trinajstić information content (AvgIpc) is 3.32. The molecule has 0 aliphatic rings. The number of fused-ring (bicyclic) bond motifs is 1. The van der Waals surface area contributed by atoms with Crippen LogP contribution in [0.15, 0.2) is 47.3 Å². The lowest BCUT2D eigenvalue weighted by atomic mass is 10.2. The number of rotatable bonds is 7. The summed E-state index contributed by atoms with van der Waals surface area (Å²) in [5, 5.41) is 4.41. The first-order valence-electron chi connectivity index (χ1n) is 9.85. The largest absolute Gasteiger partial charge is 0.497 e. The lowest BCUT2D eigenvalue weighted by molar-refractivity contribution is 0.271. The molecule has 8 heteroatoms. The number of hydrogen-bond acceptors (Lipinski definition) is 7. The standard InChI is InChI=1S/C23H23N3O4S/c1-14(2)13-30-17-7-5-15(6-8-17)21-24-23-26(25-21)22(27)20(31-23)12-16-11-18(28-3)9-10-19(16)29-4/h5-12,14H,13H2,1-4H3. The highest BCUT2D eigenvalue weighted by Gasteiger charge is 2.13. The van der Waals surface area contributed by atoms with Crippen molar-refractivity contribution in [2.45, 2.75) is 13.8 Å². The molecule has 0 saturated heterocycles. The van der Waals surface area contributed by atoms with Crippen LogP contribution in [0.2, 0.25) is 0 Å². The first-order chi connectivity index (χ1) is 15.0. The van der Waals surface area contributed by atoms with Crippen LogP contribution in [0.1, 0.15) is 19.4 Å². The summed E-state index contributed by atoms with van der Waals surface area (Å²) < 4.78 is 18.2. The molecule has 0 aliphatic carbocycles. The van der Waals surface area contributed by atoms with Crippen molar-refractivity contribution in [3.63, 3.8) is 0 Å². The quantitative estimate of drug-likeness (QED) is 0.441. The van der Waals surface area contributed by atoms with Crippen molar-refractivity contribution in [2.24, 2.45) is 5.92 Å². The molecule has 0 unspecified atom stereocenters. The Bertz CT molecular complexity index is 1310. The van der Waals surface area contributed by atoms with Crippen LogP contribution < -0.4 is 24.3 Å². The summed E-state index contributed by atoms with van der Waals surface area (Å²) in [6.45, 7) is 4.87. The van der Waals surface area contributed by atoms with Gasteiger partial charge in [-0.15, -0.1) is 5.10 Å². The van der Waals surface area contributed by atoms with E-state index in [-0.39, 0.29) is 5.56 Å². The SMILES string of the molecule is COc1ccc(OC)c(C=c2sc3nc(-c4ccc(OCC(C)C)cc4)nn3c2=O)c1. The summed E-state index contributed by atoms with van der Waals surface area (Å²) in [7, 11) is 3.18. The molecule has 4 rings (SSSR count). The number of nitrogens with zero attached hydrogens (tertiary/aromatic N) is 3. The molecule has 0 bridgehead atoms. The average molecular weight is 438 g/mol. The van der Waals surface area contributed by atoms with Gasteiger partial charge in [0, 0.05) is 11.1 Å². The van der Waals surface area contributed by atoms with E-state index in [9.17, 15) is 4.79 Å². The molecule has 2 heterocycles. The molecule has 0 amide bonds. The Kier molecular flexibility index (Phi) is 5.90. The Morgan fingerprint density at radius 3 is 2.45 bits per heavy atom. The Balaban J connectivity index is 1.66. The summed E-state index contributed by atoms with van der Waals surface area (Å²) in [6.07, 6.45) is 1.77. The summed E-state index contributed by atoms with van der Waals surface area (Å²) in [5.74, 6) is 3.10. The van der Waals surface area contributed by atoms with Gasteiger partial charge in [-0.25, -0.2) is 0 Å². The van der Waals surface area contributed by atoms with Crippen LogP contribution in [0.3, 0.4) is 0 Å². The molecule has 2 aromatic carbocycles. The monoisotopic (exact) mass is 437 g/mol. The minimum Gasteiger partial charge on any atom is -0.497 e. The molecule has 0 radical (unpaired) electrons. The fraction of sp³-hybridized carbons (Fsp3) is 0.261. The van der Waals surface area contributed by atoms with Crippen molar-refractivity contribution in [3.8, 4) is 28.6 Å². The first kappa shape index (κ1) is 20.9. The smallest absolute Gasteiger partial charge is 0.291 e. The number of benzene rings is 2. The highest BCUT2D eigenvalue weighted by atomic mass is 32.1. The third kappa shape index (κ3) is 4.39. The van der Waals surface area contributed by atoms with Gasteiger partial charge in [-0.2, -0.15) is 9.50 Å². The molecule has 0 N–H and O–H groups in total. The number of hydrogen-bond donors (Lipinski definition) is 0. The van der Waals surface area contributed by atoms with Gasteiger partial charge in [-0.1, -0.05) is 25.2 Å². The number of aromatic nitrogens is 3. The van der Waals surface area contributed by atoms with Gasteiger partial charge in [0.2, 0.25) is 4.96 Å². The Morgan fingerprint density at radius 1 is 1.06 bits per heavy atom. The summed E-state index contributed by atoms with van der Waals surface area (Å²) in [5.41, 5.74) is 1.35. The van der Waals surface area contributed by atoms with Crippen molar-refractivity contribution < 1.29 is 14.2 Å². The van der Waals surface area contributed by atoms with Gasteiger partial charge >= 0.3 is 0 Å². The molecule has 4 aromatic rings. The predicted molar refractivity (Wildman–Crippen MR) is 121 cm³/mol. The Labute approximate surface area is 183 Å². The van der Waals surface area contributed by atoms with E-state index < -0.39 is 0 Å². The second-order valence-corrected chi connectivity index (χ2v) is 8.39. The molecule has 7 nitrogen and oxygen atoms in total. The van der Waals surface area contributed by atoms with Crippen molar-refractivity contribution in [2.75, 3.05) is 20.8 Å². The number of thiazole rings is 1. The van der Waals surface area contributed by atoms with Crippen LogP contribution in [0.5, 0.6) is 17.2 Å². The van der Waals surface area contributed by atoms with Crippen LogP contribution in [0.4, 0.5) is 0 Å². The maximum Gasteiger partial charge on any atom is 0.291 e. The molecule has 0 saturated carbocycles. The number of methoxy groups -OCH3 is 2. The zero-order valence-electron chi connectivity index (χ0n) is 17.8. The maximum absolute atomic E-state index is 12.9. The van der Waals surface area contributed by atoms with E-state index in [0.717, 1.165) is 16.9 Å². The molecule has 31 heavy (non-hydrogen) atoms. The number of ether oxygens (including phenoxy) is 3. The fourth-order valence-electron chi connectivity index (χ4n) is 3.01. The zero-order valence-corrected chi connectivity index (χ0v) is 18.6. The fourth-order valence-corrected chi connectivity index (χ4v) is 3.91. The second-order valence-electron chi connectivity index (χ2n) is 7.38. The lowest BCUT2D eigenvalue weighted by Gasteiger charge is -2.08. The van der Waals surface area contributed by atoms with Crippen LogP contribution in [0, 0.1) is 5.92 Å². The molecule has 0 atom stereocenters. The van der Waals surface area contributed by atoms with E-state index in [4.69, 9.17) is 14.2 Å². The predicted octanol–water partition coefficient (Wildman–Crippen LogP) is 3.42. The van der Waals surface area contributed by atoms with Crippen molar-refractivity contribution in [3.05, 3.63) is 62.9 Å². The minimum absolute atomic E-state index is 0.222. The van der Waals surface area contributed by atoms with Crippen molar-refractivity contribution >= 4 is 22.4 Å². The van der Waals surface area contributed by atoms with Gasteiger partial charge < -0.3 is 14.2 Å². The summed E-state index contributed by atoms with van der Waals surface area (Å²) in [6, 6.07) is 13.0. The molecule has 0 fully saturated rings. The van der Waals surface area contributed by atoms with E-state index in [1.165, 1.54) is 15.9 Å². The van der Waals surface area contributed by atoms with Crippen LogP contribution in [-0.2, 0) is 0 Å².